The molecule has 0 aliphatic carbocycles. The molecule has 1 fully saturated rings. The van der Waals surface area contributed by atoms with Gasteiger partial charge >= 0.3 is 0 Å². The number of carbonyl (C=O) groups excluding carboxylic acids is 1. The molecule has 128 valence electrons. The molecule has 5 heteroatoms. The fraction of sp³-hybridized carbons (Fsp3) is 0.474. The Balaban J connectivity index is 1.58. The Kier molecular flexibility index (Phi) is 5.00. The molecule has 1 saturated heterocycles. The van der Waals surface area contributed by atoms with Crippen LogP contribution in [-0.4, -0.2) is 51.7 Å². The number of amides is 1. The standard InChI is InChI=1S/C19H26N4O/c1-15(2)23-16(3)13-18(20-23)19(24)22-11-9-21(10-12-22)14-17-7-5-4-6-8-17/h4-8,13,15H,9-12,14H2,1-3H3. The Bertz CT molecular complexity index is 685. The summed E-state index contributed by atoms with van der Waals surface area (Å²) < 4.78 is 1.92. The average Bonchev–Trinajstić information content (AvgIpc) is 2.98. The minimum absolute atomic E-state index is 0.0526. The summed E-state index contributed by atoms with van der Waals surface area (Å²) in [7, 11) is 0. The number of aromatic nitrogens is 2. The minimum atomic E-state index is 0.0526. The molecule has 0 bridgehead atoms. The first-order valence-corrected chi connectivity index (χ1v) is 8.66. The van der Waals surface area contributed by atoms with Gasteiger partial charge in [0.25, 0.3) is 5.91 Å². The van der Waals surface area contributed by atoms with Crippen molar-refractivity contribution in [3.63, 3.8) is 0 Å². The van der Waals surface area contributed by atoms with Gasteiger partial charge in [0.15, 0.2) is 5.69 Å². The maximum absolute atomic E-state index is 12.7. The molecule has 0 N–H and O–H groups in total. The first-order chi connectivity index (χ1) is 11.5. The minimum Gasteiger partial charge on any atom is -0.335 e. The normalized spacial score (nSPS) is 15.9. The van der Waals surface area contributed by atoms with Crippen LogP contribution in [0.15, 0.2) is 36.4 Å². The van der Waals surface area contributed by atoms with Crippen molar-refractivity contribution in [1.29, 1.82) is 0 Å². The molecule has 3 rings (SSSR count). The molecule has 1 aromatic carbocycles. The monoisotopic (exact) mass is 326 g/mol. The molecular formula is C19H26N4O. The summed E-state index contributed by atoms with van der Waals surface area (Å²) in [4.78, 5) is 17.0. The van der Waals surface area contributed by atoms with Gasteiger partial charge in [-0.25, -0.2) is 0 Å². The third-order valence-electron chi connectivity index (χ3n) is 4.54. The number of rotatable bonds is 4. The topological polar surface area (TPSA) is 41.4 Å². The van der Waals surface area contributed by atoms with Gasteiger partial charge in [-0.3, -0.25) is 14.4 Å². The summed E-state index contributed by atoms with van der Waals surface area (Å²) in [5.74, 6) is 0.0526. The summed E-state index contributed by atoms with van der Waals surface area (Å²) >= 11 is 0. The molecular weight excluding hydrogens is 300 g/mol. The number of hydrogen-bond donors (Lipinski definition) is 0. The van der Waals surface area contributed by atoms with Crippen LogP contribution in [-0.2, 0) is 6.54 Å². The lowest BCUT2D eigenvalue weighted by Gasteiger charge is -2.34. The Hall–Kier alpha value is -2.14. The second-order valence-corrected chi connectivity index (χ2v) is 6.76. The van der Waals surface area contributed by atoms with E-state index >= 15 is 0 Å². The summed E-state index contributed by atoms with van der Waals surface area (Å²) in [5, 5.41) is 4.48. The van der Waals surface area contributed by atoms with Gasteiger partial charge in [-0.15, -0.1) is 0 Å². The molecule has 0 atom stereocenters. The predicted octanol–water partition coefficient (Wildman–Crippen LogP) is 2.73. The summed E-state index contributed by atoms with van der Waals surface area (Å²) in [6, 6.07) is 12.7. The van der Waals surface area contributed by atoms with Crippen LogP contribution in [0.1, 0.15) is 41.6 Å². The van der Waals surface area contributed by atoms with Crippen molar-refractivity contribution >= 4 is 5.91 Å². The summed E-state index contributed by atoms with van der Waals surface area (Å²) in [5.41, 5.74) is 2.93. The molecule has 0 saturated carbocycles. The quantitative estimate of drug-likeness (QED) is 0.867. The Morgan fingerprint density at radius 3 is 2.38 bits per heavy atom. The molecule has 1 aliphatic heterocycles. The van der Waals surface area contributed by atoms with Crippen LogP contribution in [0.5, 0.6) is 0 Å². The number of piperazine rings is 1. The SMILES string of the molecule is Cc1cc(C(=O)N2CCN(Cc3ccccc3)CC2)nn1C(C)C. The van der Waals surface area contributed by atoms with E-state index in [9.17, 15) is 4.79 Å². The smallest absolute Gasteiger partial charge is 0.274 e. The van der Waals surface area contributed by atoms with Crippen molar-refractivity contribution in [2.75, 3.05) is 26.2 Å². The molecule has 2 heterocycles. The van der Waals surface area contributed by atoms with Crippen LogP contribution < -0.4 is 0 Å². The number of nitrogens with zero attached hydrogens (tertiary/aromatic N) is 4. The van der Waals surface area contributed by atoms with E-state index in [1.807, 2.05) is 28.6 Å². The third-order valence-corrected chi connectivity index (χ3v) is 4.54. The Morgan fingerprint density at radius 1 is 1.12 bits per heavy atom. The van der Waals surface area contributed by atoms with Gasteiger partial charge in [0, 0.05) is 44.5 Å². The van der Waals surface area contributed by atoms with Gasteiger partial charge in [-0.2, -0.15) is 5.10 Å². The van der Waals surface area contributed by atoms with Crippen LogP contribution in [0.25, 0.3) is 0 Å². The van der Waals surface area contributed by atoms with Gasteiger partial charge in [0.1, 0.15) is 0 Å². The van der Waals surface area contributed by atoms with E-state index in [4.69, 9.17) is 0 Å². The fourth-order valence-corrected chi connectivity index (χ4v) is 3.23. The predicted molar refractivity (Wildman–Crippen MR) is 95.0 cm³/mol. The first-order valence-electron chi connectivity index (χ1n) is 8.66. The van der Waals surface area contributed by atoms with E-state index < -0.39 is 0 Å². The van der Waals surface area contributed by atoms with E-state index in [2.05, 4.69) is 48.1 Å². The molecule has 2 aromatic rings. The Morgan fingerprint density at radius 2 is 1.79 bits per heavy atom. The first kappa shape index (κ1) is 16.7. The average molecular weight is 326 g/mol. The highest BCUT2D eigenvalue weighted by molar-refractivity contribution is 5.92. The van der Waals surface area contributed by atoms with Crippen LogP contribution in [0.4, 0.5) is 0 Å². The Labute approximate surface area is 143 Å². The van der Waals surface area contributed by atoms with Crippen LogP contribution in [0, 0.1) is 6.92 Å². The maximum Gasteiger partial charge on any atom is 0.274 e. The maximum atomic E-state index is 12.7. The van der Waals surface area contributed by atoms with Crippen molar-refractivity contribution < 1.29 is 4.79 Å². The zero-order valence-electron chi connectivity index (χ0n) is 14.8. The van der Waals surface area contributed by atoms with Gasteiger partial charge in [-0.1, -0.05) is 30.3 Å². The molecule has 5 nitrogen and oxygen atoms in total. The van der Waals surface area contributed by atoms with Crippen molar-refractivity contribution in [3.8, 4) is 0 Å². The fourth-order valence-electron chi connectivity index (χ4n) is 3.23. The highest BCUT2D eigenvalue weighted by Gasteiger charge is 2.24. The lowest BCUT2D eigenvalue weighted by molar-refractivity contribution is 0.0621. The van der Waals surface area contributed by atoms with E-state index in [1.54, 1.807) is 0 Å². The van der Waals surface area contributed by atoms with Crippen molar-refractivity contribution in [1.82, 2.24) is 19.6 Å². The second-order valence-electron chi connectivity index (χ2n) is 6.76. The van der Waals surface area contributed by atoms with Gasteiger partial charge in [0.05, 0.1) is 0 Å². The molecule has 0 radical (unpaired) electrons. The molecule has 1 aromatic heterocycles. The number of hydrogen-bond acceptors (Lipinski definition) is 3. The summed E-state index contributed by atoms with van der Waals surface area (Å²) in [6.45, 7) is 10.5. The van der Waals surface area contributed by atoms with E-state index in [0.29, 0.717) is 5.69 Å². The number of benzene rings is 1. The lowest BCUT2D eigenvalue weighted by atomic mass is 10.2. The molecule has 1 amide bonds. The highest BCUT2D eigenvalue weighted by atomic mass is 16.2. The van der Waals surface area contributed by atoms with Crippen molar-refractivity contribution in [3.05, 3.63) is 53.3 Å². The van der Waals surface area contributed by atoms with Crippen molar-refractivity contribution in [2.24, 2.45) is 0 Å². The zero-order valence-corrected chi connectivity index (χ0v) is 14.8. The molecule has 0 spiro atoms. The molecule has 0 unspecified atom stereocenters. The van der Waals surface area contributed by atoms with Crippen molar-refractivity contribution in [2.45, 2.75) is 33.4 Å². The number of carbonyl (C=O) groups is 1. The highest BCUT2D eigenvalue weighted by Crippen LogP contribution is 2.14. The zero-order chi connectivity index (χ0) is 17.1. The van der Waals surface area contributed by atoms with Gasteiger partial charge in [-0.05, 0) is 32.4 Å². The third kappa shape index (κ3) is 3.67. The largest absolute Gasteiger partial charge is 0.335 e. The molecule has 1 aliphatic rings. The van der Waals surface area contributed by atoms with E-state index in [0.717, 1.165) is 38.4 Å². The number of aryl methyl sites for hydroxylation is 1. The second kappa shape index (κ2) is 7.18. The van der Waals surface area contributed by atoms with E-state index in [1.165, 1.54) is 5.56 Å². The van der Waals surface area contributed by atoms with Crippen LogP contribution >= 0.6 is 0 Å². The van der Waals surface area contributed by atoms with E-state index in [-0.39, 0.29) is 11.9 Å². The van der Waals surface area contributed by atoms with Gasteiger partial charge < -0.3 is 4.90 Å². The lowest BCUT2D eigenvalue weighted by Crippen LogP contribution is -2.48. The van der Waals surface area contributed by atoms with Crippen LogP contribution in [0.2, 0.25) is 0 Å². The molecule has 24 heavy (non-hydrogen) atoms. The summed E-state index contributed by atoms with van der Waals surface area (Å²) in [6.07, 6.45) is 0. The van der Waals surface area contributed by atoms with Gasteiger partial charge in [0.2, 0.25) is 0 Å². The van der Waals surface area contributed by atoms with Crippen LogP contribution in [0.3, 0.4) is 0 Å².